The van der Waals surface area contributed by atoms with E-state index in [2.05, 4.69) is 15.5 Å². The number of nitrogens with one attached hydrogen (secondary N) is 2. The summed E-state index contributed by atoms with van der Waals surface area (Å²) in [5, 5.41) is 19.8. The van der Waals surface area contributed by atoms with Crippen molar-refractivity contribution in [2.24, 2.45) is 0 Å². The lowest BCUT2D eigenvalue weighted by Crippen LogP contribution is -2.24. The van der Waals surface area contributed by atoms with Crippen LogP contribution in [0.1, 0.15) is 22.7 Å². The fourth-order valence-corrected chi connectivity index (χ4v) is 3.28. The van der Waals surface area contributed by atoms with Crippen molar-refractivity contribution in [1.82, 2.24) is 10.2 Å². The maximum atomic E-state index is 14.6. The van der Waals surface area contributed by atoms with Gasteiger partial charge in [0.05, 0.1) is 29.4 Å². The number of aliphatic hydroxyl groups excluding tert-OH is 1. The highest BCUT2D eigenvalue weighted by molar-refractivity contribution is 5.99. The van der Waals surface area contributed by atoms with E-state index in [1.165, 1.54) is 24.3 Å². The summed E-state index contributed by atoms with van der Waals surface area (Å²) in [6.07, 6.45) is 3.48. The Kier molecular flexibility index (Phi) is 5.86. The largest absolute Gasteiger partial charge is 0.395 e. The topological polar surface area (TPSA) is 78.0 Å². The van der Waals surface area contributed by atoms with Crippen LogP contribution in [0.25, 0.3) is 23.1 Å². The minimum atomic E-state index is -0.821. The summed E-state index contributed by atoms with van der Waals surface area (Å²) in [4.78, 5) is 12.7. The first-order chi connectivity index (χ1) is 15.0. The molecular formula is C24H19F2N3O2. The average molecular weight is 419 g/mol. The normalized spacial score (nSPS) is 12.4. The van der Waals surface area contributed by atoms with Crippen molar-refractivity contribution in [1.29, 1.82) is 0 Å². The molecule has 0 spiro atoms. The van der Waals surface area contributed by atoms with E-state index in [1.807, 2.05) is 6.07 Å². The first kappa shape index (κ1) is 20.4. The molecule has 0 aliphatic heterocycles. The van der Waals surface area contributed by atoms with Gasteiger partial charge in [0.2, 0.25) is 5.91 Å². The smallest absolute Gasteiger partial charge is 0.234 e. The molecule has 0 bridgehead atoms. The molecule has 3 N–H and O–H groups in total. The number of aromatic amines is 1. The Morgan fingerprint density at radius 3 is 2.52 bits per heavy atom. The lowest BCUT2D eigenvalue weighted by atomic mass is 9.99. The Labute approximate surface area is 177 Å². The van der Waals surface area contributed by atoms with Gasteiger partial charge in [0.15, 0.2) is 0 Å². The molecule has 4 rings (SSSR count). The molecule has 0 aliphatic rings. The van der Waals surface area contributed by atoms with Crippen LogP contribution in [-0.2, 0) is 4.79 Å². The Balaban J connectivity index is 1.61. The molecule has 0 saturated carbocycles. The van der Waals surface area contributed by atoms with Crippen LogP contribution in [0.15, 0.2) is 66.7 Å². The van der Waals surface area contributed by atoms with Gasteiger partial charge in [0.1, 0.15) is 11.6 Å². The number of halogens is 2. The molecule has 5 nitrogen and oxygen atoms in total. The van der Waals surface area contributed by atoms with E-state index in [0.29, 0.717) is 22.2 Å². The van der Waals surface area contributed by atoms with Crippen LogP contribution in [0.4, 0.5) is 14.5 Å². The number of nitrogens with zero attached hydrogens (tertiary/aromatic N) is 1. The fraction of sp³-hybridized carbons (Fsp3) is 0.0833. The highest BCUT2D eigenvalue weighted by Gasteiger charge is 2.21. The third-order valence-corrected chi connectivity index (χ3v) is 4.94. The number of hydrogen-bond donors (Lipinski definition) is 3. The average Bonchev–Trinajstić information content (AvgIpc) is 3.16. The van der Waals surface area contributed by atoms with Crippen LogP contribution in [-0.4, -0.2) is 27.8 Å². The van der Waals surface area contributed by atoms with Crippen molar-refractivity contribution >= 4 is 34.6 Å². The number of carbonyl (C=O) groups excluding carboxylic acids is 1. The Bertz CT molecular complexity index is 1240. The van der Waals surface area contributed by atoms with Gasteiger partial charge < -0.3 is 10.4 Å². The van der Waals surface area contributed by atoms with Gasteiger partial charge in [-0.15, -0.1) is 0 Å². The van der Waals surface area contributed by atoms with E-state index in [9.17, 15) is 18.7 Å². The number of carbonyl (C=O) groups is 1. The number of amides is 1. The predicted molar refractivity (Wildman–Crippen MR) is 116 cm³/mol. The molecule has 1 amide bonds. The van der Waals surface area contributed by atoms with Crippen LogP contribution in [0.3, 0.4) is 0 Å². The summed E-state index contributed by atoms with van der Waals surface area (Å²) in [6.45, 7) is -0.406. The van der Waals surface area contributed by atoms with Crippen molar-refractivity contribution in [3.05, 3.63) is 95.2 Å². The van der Waals surface area contributed by atoms with E-state index >= 15 is 0 Å². The summed E-state index contributed by atoms with van der Waals surface area (Å²) < 4.78 is 27.6. The molecule has 1 unspecified atom stereocenters. The van der Waals surface area contributed by atoms with Crippen LogP contribution in [0.2, 0.25) is 0 Å². The van der Waals surface area contributed by atoms with Gasteiger partial charge in [0, 0.05) is 11.5 Å². The molecule has 7 heteroatoms. The van der Waals surface area contributed by atoms with Crippen molar-refractivity contribution in [3.63, 3.8) is 0 Å². The third-order valence-electron chi connectivity index (χ3n) is 4.94. The Hall–Kier alpha value is -3.84. The summed E-state index contributed by atoms with van der Waals surface area (Å²) in [5.74, 6) is -2.28. The minimum absolute atomic E-state index is 0.00952. The van der Waals surface area contributed by atoms with Crippen molar-refractivity contribution < 1.29 is 18.7 Å². The zero-order chi connectivity index (χ0) is 21.8. The van der Waals surface area contributed by atoms with Crippen molar-refractivity contribution in [3.8, 4) is 0 Å². The molecule has 156 valence electrons. The third kappa shape index (κ3) is 4.51. The van der Waals surface area contributed by atoms with Gasteiger partial charge in [-0.1, -0.05) is 48.5 Å². The fourth-order valence-electron chi connectivity index (χ4n) is 3.28. The van der Waals surface area contributed by atoms with Crippen LogP contribution >= 0.6 is 0 Å². The highest BCUT2D eigenvalue weighted by Crippen LogP contribution is 2.27. The number of aliphatic hydroxyl groups is 1. The monoisotopic (exact) mass is 419 g/mol. The number of fused-ring (bicyclic) bond motifs is 1. The summed E-state index contributed by atoms with van der Waals surface area (Å²) >= 11 is 0. The van der Waals surface area contributed by atoms with E-state index in [4.69, 9.17) is 0 Å². The molecule has 0 radical (unpaired) electrons. The molecule has 0 fully saturated rings. The quantitative estimate of drug-likeness (QED) is 0.423. The van der Waals surface area contributed by atoms with E-state index in [-0.39, 0.29) is 11.5 Å². The van der Waals surface area contributed by atoms with Crippen LogP contribution in [0, 0.1) is 11.6 Å². The summed E-state index contributed by atoms with van der Waals surface area (Å²) in [5.41, 5.74) is 2.41. The Morgan fingerprint density at radius 2 is 1.81 bits per heavy atom. The molecule has 1 heterocycles. The molecule has 0 aliphatic carbocycles. The van der Waals surface area contributed by atoms with Crippen molar-refractivity contribution in [2.45, 2.75) is 5.92 Å². The second-order valence-corrected chi connectivity index (χ2v) is 7.01. The molecular weight excluding hydrogens is 400 g/mol. The zero-order valence-corrected chi connectivity index (χ0v) is 16.3. The highest BCUT2D eigenvalue weighted by atomic mass is 19.1. The van der Waals surface area contributed by atoms with E-state index in [1.54, 1.807) is 48.6 Å². The molecule has 3 aromatic carbocycles. The Morgan fingerprint density at radius 1 is 1.06 bits per heavy atom. The molecule has 4 aromatic rings. The van der Waals surface area contributed by atoms with Gasteiger partial charge in [0.25, 0.3) is 0 Å². The zero-order valence-electron chi connectivity index (χ0n) is 16.3. The lowest BCUT2D eigenvalue weighted by Gasteiger charge is -2.15. The van der Waals surface area contributed by atoms with Gasteiger partial charge in [-0.2, -0.15) is 5.10 Å². The number of benzene rings is 3. The molecule has 1 atom stereocenters. The number of rotatable bonds is 6. The molecule has 31 heavy (non-hydrogen) atoms. The standard InChI is InChI=1S/C24H19F2N3O2/c25-17-9-6-15(7-10-17)8-11-21-18-12-23(20(26)13-22(18)29-28-21)27-24(31)19(14-30)16-4-2-1-3-5-16/h1-13,19,30H,14H2,(H,27,31)(H,28,29). The first-order valence-electron chi connectivity index (χ1n) is 9.63. The van der Waals surface area contributed by atoms with E-state index in [0.717, 1.165) is 5.56 Å². The van der Waals surface area contributed by atoms with Gasteiger partial charge in [-0.3, -0.25) is 9.89 Å². The minimum Gasteiger partial charge on any atom is -0.395 e. The number of H-pyrrole nitrogens is 1. The second-order valence-electron chi connectivity index (χ2n) is 7.01. The first-order valence-corrected chi connectivity index (χ1v) is 9.63. The SMILES string of the molecule is O=C(Nc1cc2c(C=Cc3ccc(F)cc3)n[nH]c2cc1F)C(CO)c1ccccc1. The van der Waals surface area contributed by atoms with E-state index < -0.39 is 24.2 Å². The number of anilines is 1. The predicted octanol–water partition coefficient (Wildman–Crippen LogP) is 4.73. The van der Waals surface area contributed by atoms with Crippen molar-refractivity contribution in [2.75, 3.05) is 11.9 Å². The van der Waals surface area contributed by atoms with Gasteiger partial charge >= 0.3 is 0 Å². The van der Waals surface area contributed by atoms with Crippen LogP contribution in [0.5, 0.6) is 0 Å². The van der Waals surface area contributed by atoms with Gasteiger partial charge in [-0.05, 0) is 35.4 Å². The maximum absolute atomic E-state index is 14.6. The van der Waals surface area contributed by atoms with Gasteiger partial charge in [-0.25, -0.2) is 8.78 Å². The summed E-state index contributed by atoms with van der Waals surface area (Å²) in [7, 11) is 0. The molecule has 1 aromatic heterocycles. The number of hydrogen-bond acceptors (Lipinski definition) is 3. The maximum Gasteiger partial charge on any atom is 0.234 e. The number of aromatic nitrogens is 2. The molecule has 0 saturated heterocycles. The van der Waals surface area contributed by atoms with Crippen LogP contribution < -0.4 is 5.32 Å². The lowest BCUT2D eigenvalue weighted by molar-refractivity contribution is -0.118. The second kappa shape index (κ2) is 8.89. The summed E-state index contributed by atoms with van der Waals surface area (Å²) in [6, 6.07) is 17.5.